The first-order chi connectivity index (χ1) is 6.29. The third-order valence-electron chi connectivity index (χ3n) is 1.69. The van der Waals surface area contributed by atoms with Crippen LogP contribution in [0.5, 0.6) is 0 Å². The first-order valence-electron chi connectivity index (χ1n) is 3.88. The van der Waals surface area contributed by atoms with Crippen LogP contribution in [0.1, 0.15) is 22.2 Å². The van der Waals surface area contributed by atoms with E-state index in [0.29, 0.717) is 4.88 Å². The summed E-state index contributed by atoms with van der Waals surface area (Å²) in [6.07, 6.45) is -5.18. The maximum Gasteiger partial charge on any atom is 0.390 e. The Kier molecular flexibility index (Phi) is 3.60. The van der Waals surface area contributed by atoms with E-state index >= 15 is 0 Å². The van der Waals surface area contributed by atoms with Crippen molar-refractivity contribution in [1.29, 1.82) is 0 Å². The van der Waals surface area contributed by atoms with Crippen LogP contribution in [0, 0.1) is 6.92 Å². The second kappa shape index (κ2) is 4.20. The molecule has 1 aromatic heterocycles. The lowest BCUT2D eigenvalue weighted by Crippen LogP contribution is -2.19. The molecule has 0 aliphatic carbocycles. The van der Waals surface area contributed by atoms with Gasteiger partial charge in [-0.2, -0.15) is 13.2 Å². The van der Waals surface area contributed by atoms with E-state index in [0.717, 1.165) is 9.35 Å². The summed E-state index contributed by atoms with van der Waals surface area (Å²) in [6, 6.07) is 0.696. The fourth-order valence-electron chi connectivity index (χ4n) is 1.01. The normalized spacial score (nSPS) is 14.4. The van der Waals surface area contributed by atoms with Crippen LogP contribution in [-0.2, 0) is 0 Å². The van der Waals surface area contributed by atoms with Gasteiger partial charge in [0.2, 0.25) is 0 Å². The molecule has 2 N–H and O–H groups in total. The summed E-state index contributed by atoms with van der Waals surface area (Å²) in [5.41, 5.74) is 5.43. The largest absolute Gasteiger partial charge is 0.390 e. The SMILES string of the molecule is Cc1sc([C@H](N)CC(F)(F)F)cc1Br. The molecule has 0 saturated carbocycles. The Morgan fingerprint density at radius 3 is 2.50 bits per heavy atom. The Hall–Kier alpha value is -0.0700. The average Bonchev–Trinajstić information content (AvgIpc) is 2.28. The lowest BCUT2D eigenvalue weighted by Gasteiger charge is -2.11. The van der Waals surface area contributed by atoms with Crippen LogP contribution in [0.3, 0.4) is 0 Å². The number of alkyl halides is 3. The highest BCUT2D eigenvalue weighted by molar-refractivity contribution is 9.10. The van der Waals surface area contributed by atoms with Crippen LogP contribution >= 0.6 is 27.3 Å². The third kappa shape index (κ3) is 3.25. The third-order valence-corrected chi connectivity index (χ3v) is 3.96. The van der Waals surface area contributed by atoms with E-state index in [-0.39, 0.29) is 0 Å². The Bertz CT molecular complexity index is 301. The zero-order valence-corrected chi connectivity index (χ0v) is 9.76. The molecule has 1 nitrogen and oxygen atoms in total. The molecule has 1 aromatic rings. The number of hydrogen-bond acceptors (Lipinski definition) is 2. The molecule has 1 heterocycles. The lowest BCUT2D eigenvalue weighted by molar-refractivity contribution is -0.138. The summed E-state index contributed by atoms with van der Waals surface area (Å²) in [4.78, 5) is 1.50. The average molecular weight is 288 g/mol. The van der Waals surface area contributed by atoms with Gasteiger partial charge in [0.1, 0.15) is 0 Å². The molecule has 80 valence electrons. The molecule has 0 spiro atoms. The molecule has 0 aliphatic rings. The number of hydrogen-bond donors (Lipinski definition) is 1. The highest BCUT2D eigenvalue weighted by Crippen LogP contribution is 2.34. The Labute approximate surface area is 92.2 Å². The summed E-state index contributed by atoms with van der Waals surface area (Å²) in [5, 5.41) is 0. The quantitative estimate of drug-likeness (QED) is 0.880. The zero-order chi connectivity index (χ0) is 10.9. The van der Waals surface area contributed by atoms with Crippen LogP contribution < -0.4 is 5.73 Å². The minimum absolute atomic E-state index is 0.562. The highest BCUT2D eigenvalue weighted by Gasteiger charge is 2.31. The summed E-state index contributed by atoms with van der Waals surface area (Å²) < 4.78 is 36.9. The van der Waals surface area contributed by atoms with Crippen molar-refractivity contribution in [3.63, 3.8) is 0 Å². The van der Waals surface area contributed by atoms with E-state index in [1.54, 1.807) is 6.07 Å². The summed E-state index contributed by atoms with van der Waals surface area (Å²) >= 11 is 4.53. The first kappa shape index (κ1) is 12.0. The van der Waals surface area contributed by atoms with Crippen molar-refractivity contribution in [2.75, 3.05) is 0 Å². The molecule has 0 bridgehead atoms. The fraction of sp³-hybridized carbons (Fsp3) is 0.500. The molecule has 0 aliphatic heterocycles. The topological polar surface area (TPSA) is 26.0 Å². The molecule has 1 atom stereocenters. The van der Waals surface area contributed by atoms with Gasteiger partial charge >= 0.3 is 6.18 Å². The van der Waals surface area contributed by atoms with Crippen molar-refractivity contribution >= 4 is 27.3 Å². The van der Waals surface area contributed by atoms with Crippen molar-refractivity contribution in [2.45, 2.75) is 25.6 Å². The van der Waals surface area contributed by atoms with Gasteiger partial charge in [-0.25, -0.2) is 0 Å². The van der Waals surface area contributed by atoms with E-state index in [1.165, 1.54) is 11.3 Å². The molecule has 0 amide bonds. The Balaban J connectivity index is 2.75. The monoisotopic (exact) mass is 287 g/mol. The van der Waals surface area contributed by atoms with E-state index in [1.807, 2.05) is 6.92 Å². The minimum atomic E-state index is -4.20. The Morgan fingerprint density at radius 1 is 1.57 bits per heavy atom. The second-order valence-electron chi connectivity index (χ2n) is 2.98. The van der Waals surface area contributed by atoms with Crippen LogP contribution in [0.25, 0.3) is 0 Å². The number of aryl methyl sites for hydroxylation is 1. The van der Waals surface area contributed by atoms with Crippen LogP contribution in [0.2, 0.25) is 0 Å². The number of rotatable bonds is 2. The molecule has 0 fully saturated rings. The van der Waals surface area contributed by atoms with Crippen molar-refractivity contribution in [3.8, 4) is 0 Å². The second-order valence-corrected chi connectivity index (χ2v) is 5.12. The van der Waals surface area contributed by atoms with Gasteiger partial charge in [0, 0.05) is 20.3 Å². The molecule has 0 saturated heterocycles. The van der Waals surface area contributed by atoms with Crippen LogP contribution in [0.15, 0.2) is 10.5 Å². The molecule has 14 heavy (non-hydrogen) atoms. The molecule has 0 unspecified atom stereocenters. The molecule has 0 aromatic carbocycles. The molecule has 0 radical (unpaired) electrons. The predicted octanol–water partition coefficient (Wildman–Crippen LogP) is 3.77. The fourth-order valence-corrected chi connectivity index (χ4v) is 2.58. The Morgan fingerprint density at radius 2 is 2.14 bits per heavy atom. The van der Waals surface area contributed by atoms with Gasteiger partial charge in [-0.05, 0) is 28.9 Å². The zero-order valence-electron chi connectivity index (χ0n) is 7.36. The smallest absolute Gasteiger partial charge is 0.323 e. The maximum absolute atomic E-state index is 12.0. The van der Waals surface area contributed by atoms with E-state index < -0.39 is 18.6 Å². The van der Waals surface area contributed by atoms with Gasteiger partial charge in [-0.3, -0.25) is 0 Å². The minimum Gasteiger partial charge on any atom is -0.323 e. The van der Waals surface area contributed by atoms with Crippen molar-refractivity contribution < 1.29 is 13.2 Å². The van der Waals surface area contributed by atoms with E-state index in [4.69, 9.17) is 5.73 Å². The van der Waals surface area contributed by atoms with Crippen molar-refractivity contribution in [2.24, 2.45) is 5.73 Å². The number of halogens is 4. The molecular weight excluding hydrogens is 279 g/mol. The number of thiophene rings is 1. The van der Waals surface area contributed by atoms with Gasteiger partial charge in [-0.15, -0.1) is 11.3 Å². The van der Waals surface area contributed by atoms with Crippen molar-refractivity contribution in [3.05, 3.63) is 20.3 Å². The van der Waals surface area contributed by atoms with Gasteiger partial charge < -0.3 is 5.73 Å². The van der Waals surface area contributed by atoms with Crippen LogP contribution in [0.4, 0.5) is 13.2 Å². The van der Waals surface area contributed by atoms with Crippen molar-refractivity contribution in [1.82, 2.24) is 0 Å². The molecule has 6 heteroatoms. The van der Waals surface area contributed by atoms with Gasteiger partial charge in [0.25, 0.3) is 0 Å². The lowest BCUT2D eigenvalue weighted by atomic mass is 10.2. The van der Waals surface area contributed by atoms with Gasteiger partial charge in [0.05, 0.1) is 6.42 Å². The van der Waals surface area contributed by atoms with Crippen LogP contribution in [-0.4, -0.2) is 6.18 Å². The highest BCUT2D eigenvalue weighted by atomic mass is 79.9. The summed E-state index contributed by atoms with van der Waals surface area (Å²) in [5.74, 6) is 0. The molecular formula is C8H9BrF3NS. The molecule has 1 rings (SSSR count). The first-order valence-corrected chi connectivity index (χ1v) is 5.48. The predicted molar refractivity (Wildman–Crippen MR) is 54.4 cm³/mol. The summed E-state index contributed by atoms with van der Waals surface area (Å²) in [7, 11) is 0. The van der Waals surface area contributed by atoms with E-state index in [2.05, 4.69) is 15.9 Å². The number of nitrogens with two attached hydrogens (primary N) is 1. The summed E-state index contributed by atoms with van der Waals surface area (Å²) in [6.45, 7) is 1.83. The maximum atomic E-state index is 12.0. The standard InChI is InChI=1S/C8H9BrF3NS/c1-4-5(9)2-7(14-4)6(13)3-8(10,11)12/h2,6H,3,13H2,1H3/t6-/m1/s1. The van der Waals surface area contributed by atoms with Gasteiger partial charge in [-0.1, -0.05) is 0 Å². The van der Waals surface area contributed by atoms with Gasteiger partial charge in [0.15, 0.2) is 0 Å². The van der Waals surface area contributed by atoms with E-state index in [9.17, 15) is 13.2 Å².